The Bertz CT molecular complexity index is 1380. The molecule has 5 nitrogen and oxygen atoms in total. The van der Waals surface area contributed by atoms with Crippen molar-refractivity contribution in [1.29, 1.82) is 0 Å². The van der Waals surface area contributed by atoms with Gasteiger partial charge < -0.3 is 9.84 Å². The number of allylic oxidation sites excluding steroid dienone is 1. The third-order valence-corrected chi connectivity index (χ3v) is 6.47. The van der Waals surface area contributed by atoms with Crippen LogP contribution in [0, 0.1) is 0 Å². The van der Waals surface area contributed by atoms with Crippen molar-refractivity contribution in [1.82, 2.24) is 15.5 Å². The molecule has 2 heterocycles. The van der Waals surface area contributed by atoms with Gasteiger partial charge in [-0.25, -0.2) is 0 Å². The Balaban J connectivity index is 1.66. The van der Waals surface area contributed by atoms with Gasteiger partial charge in [-0.15, -0.1) is 0 Å². The van der Waals surface area contributed by atoms with Crippen molar-refractivity contribution in [3.8, 4) is 11.4 Å². The number of aryl methyl sites for hydroxylation is 1. The molecular formula is C27H23ClN4OS. The number of nitrogens with one attached hydrogen (secondary N) is 1. The number of anilines is 1. The van der Waals surface area contributed by atoms with E-state index in [-0.39, 0.29) is 6.04 Å². The van der Waals surface area contributed by atoms with Crippen LogP contribution < -0.4 is 10.2 Å². The van der Waals surface area contributed by atoms with Gasteiger partial charge in [0.25, 0.3) is 5.89 Å². The number of hydrogen-bond acceptors (Lipinski definition) is 4. The summed E-state index contributed by atoms with van der Waals surface area (Å²) in [6, 6.07) is 25.7. The fourth-order valence-corrected chi connectivity index (χ4v) is 4.77. The average molecular weight is 487 g/mol. The maximum absolute atomic E-state index is 6.18. The van der Waals surface area contributed by atoms with Gasteiger partial charge in [-0.2, -0.15) is 4.98 Å². The minimum atomic E-state index is -0.230. The molecule has 7 heteroatoms. The Morgan fingerprint density at radius 2 is 1.82 bits per heavy atom. The lowest BCUT2D eigenvalue weighted by molar-refractivity contribution is 0.404. The summed E-state index contributed by atoms with van der Waals surface area (Å²) >= 11 is 12.0. The number of aromatic nitrogens is 2. The van der Waals surface area contributed by atoms with E-state index in [1.807, 2.05) is 54.3 Å². The number of benzene rings is 3. The molecule has 1 aliphatic rings. The van der Waals surface area contributed by atoms with Gasteiger partial charge in [0, 0.05) is 22.0 Å². The number of hydrogen-bond donors (Lipinski definition) is 1. The Kier molecular flexibility index (Phi) is 6.18. The first-order chi connectivity index (χ1) is 16.5. The van der Waals surface area contributed by atoms with Crippen LogP contribution in [0.2, 0.25) is 5.02 Å². The molecule has 4 aromatic rings. The maximum atomic E-state index is 6.18. The Labute approximate surface area is 209 Å². The van der Waals surface area contributed by atoms with Gasteiger partial charge in [-0.1, -0.05) is 78.3 Å². The zero-order valence-corrected chi connectivity index (χ0v) is 20.4. The average Bonchev–Trinajstić information content (AvgIpc) is 3.34. The molecule has 0 spiro atoms. The smallest absolute Gasteiger partial charge is 0.258 e. The van der Waals surface area contributed by atoms with Crippen molar-refractivity contribution in [2.75, 3.05) is 4.90 Å². The first kappa shape index (κ1) is 22.3. The Morgan fingerprint density at radius 1 is 1.03 bits per heavy atom. The second-order valence-corrected chi connectivity index (χ2v) is 8.91. The van der Waals surface area contributed by atoms with Crippen LogP contribution in [-0.2, 0) is 6.42 Å². The number of rotatable bonds is 5. The molecule has 1 atom stereocenters. The lowest BCUT2D eigenvalue weighted by atomic mass is 9.94. The quantitative estimate of drug-likeness (QED) is 0.312. The van der Waals surface area contributed by atoms with Crippen molar-refractivity contribution >= 4 is 40.2 Å². The summed E-state index contributed by atoms with van der Waals surface area (Å²) in [5.41, 5.74) is 5.90. The zero-order valence-electron chi connectivity index (χ0n) is 18.8. The molecule has 1 aliphatic heterocycles. The van der Waals surface area contributed by atoms with E-state index >= 15 is 0 Å². The topological polar surface area (TPSA) is 54.2 Å². The van der Waals surface area contributed by atoms with Crippen LogP contribution in [0.4, 0.5) is 5.69 Å². The van der Waals surface area contributed by atoms with E-state index in [0.717, 1.165) is 34.5 Å². The van der Waals surface area contributed by atoms with E-state index in [1.165, 1.54) is 5.56 Å². The third-order valence-electron chi connectivity index (χ3n) is 5.93. The van der Waals surface area contributed by atoms with Crippen LogP contribution in [0.1, 0.15) is 36.9 Å². The summed E-state index contributed by atoms with van der Waals surface area (Å²) in [5, 5.41) is 9.00. The molecule has 0 saturated carbocycles. The van der Waals surface area contributed by atoms with Gasteiger partial charge in [0.1, 0.15) is 0 Å². The SMILES string of the molecule is CCc1cccc(N2C(=S)NC(c3ccccc3)C(c3nc(-c4cccc(Cl)c4)no3)=C2C)c1. The van der Waals surface area contributed by atoms with E-state index in [1.54, 1.807) is 0 Å². The molecule has 5 rings (SSSR count). The van der Waals surface area contributed by atoms with Crippen molar-refractivity contribution in [2.45, 2.75) is 26.3 Å². The minimum Gasteiger partial charge on any atom is -0.351 e. The molecule has 170 valence electrons. The predicted molar refractivity (Wildman–Crippen MR) is 141 cm³/mol. The van der Waals surface area contributed by atoms with Crippen LogP contribution in [0.15, 0.2) is 89.1 Å². The first-order valence-electron chi connectivity index (χ1n) is 11.1. The summed E-state index contributed by atoms with van der Waals surface area (Å²) in [7, 11) is 0. The van der Waals surface area contributed by atoms with Gasteiger partial charge in [-0.3, -0.25) is 4.90 Å². The predicted octanol–water partition coefficient (Wildman–Crippen LogP) is 6.82. The molecule has 0 fully saturated rings. The normalized spacial score (nSPS) is 16.0. The third kappa shape index (κ3) is 4.22. The highest BCUT2D eigenvalue weighted by Crippen LogP contribution is 2.39. The van der Waals surface area contributed by atoms with Crippen molar-refractivity contribution in [3.05, 3.63) is 107 Å². The lowest BCUT2D eigenvalue weighted by Crippen LogP contribution is -2.46. The summed E-state index contributed by atoms with van der Waals surface area (Å²) in [5.74, 6) is 0.922. The Morgan fingerprint density at radius 3 is 2.59 bits per heavy atom. The largest absolute Gasteiger partial charge is 0.351 e. The number of nitrogens with zero attached hydrogens (tertiary/aromatic N) is 3. The molecule has 0 radical (unpaired) electrons. The number of halogens is 1. The standard InChI is InChI=1S/C27H23ClN4OS/c1-3-18-9-7-14-22(15-18)32-17(2)23(24(29-27(32)34)19-10-5-4-6-11-19)26-30-25(31-33-26)20-12-8-13-21(28)16-20/h4-16,24H,3H2,1-2H3,(H,29,34). The molecule has 0 saturated heterocycles. The highest BCUT2D eigenvalue weighted by molar-refractivity contribution is 7.80. The van der Waals surface area contributed by atoms with Crippen LogP contribution in [-0.4, -0.2) is 15.3 Å². The van der Waals surface area contributed by atoms with Crippen LogP contribution >= 0.6 is 23.8 Å². The van der Waals surface area contributed by atoms with Crippen molar-refractivity contribution < 1.29 is 4.52 Å². The van der Waals surface area contributed by atoms with Gasteiger partial charge in [-0.05, 0) is 61.0 Å². The molecule has 0 bridgehead atoms. The molecule has 0 aliphatic carbocycles. The van der Waals surface area contributed by atoms with Gasteiger partial charge in [0.2, 0.25) is 5.82 Å². The van der Waals surface area contributed by atoms with Crippen molar-refractivity contribution in [2.24, 2.45) is 0 Å². The second kappa shape index (κ2) is 9.41. The van der Waals surface area contributed by atoms with Crippen LogP contribution in [0.3, 0.4) is 0 Å². The Hall–Kier alpha value is -3.48. The minimum absolute atomic E-state index is 0.230. The summed E-state index contributed by atoms with van der Waals surface area (Å²) in [6.07, 6.45) is 0.941. The van der Waals surface area contributed by atoms with E-state index in [2.05, 4.69) is 53.8 Å². The van der Waals surface area contributed by atoms with E-state index in [0.29, 0.717) is 21.9 Å². The van der Waals surface area contributed by atoms with Crippen LogP contribution in [0.25, 0.3) is 17.0 Å². The monoisotopic (exact) mass is 486 g/mol. The van der Waals surface area contributed by atoms with Gasteiger partial charge in [0.15, 0.2) is 5.11 Å². The highest BCUT2D eigenvalue weighted by Gasteiger charge is 2.34. The van der Waals surface area contributed by atoms with Gasteiger partial charge >= 0.3 is 0 Å². The highest BCUT2D eigenvalue weighted by atomic mass is 35.5. The van der Waals surface area contributed by atoms with Crippen LogP contribution in [0.5, 0.6) is 0 Å². The lowest BCUT2D eigenvalue weighted by Gasteiger charge is -2.37. The van der Waals surface area contributed by atoms with E-state index < -0.39 is 0 Å². The molecular weight excluding hydrogens is 464 g/mol. The van der Waals surface area contributed by atoms with E-state index in [4.69, 9.17) is 33.3 Å². The molecule has 3 aromatic carbocycles. The van der Waals surface area contributed by atoms with Gasteiger partial charge in [0.05, 0.1) is 11.6 Å². The zero-order chi connectivity index (χ0) is 23.7. The molecule has 1 aromatic heterocycles. The van der Waals surface area contributed by atoms with E-state index in [9.17, 15) is 0 Å². The van der Waals surface area contributed by atoms with Crippen molar-refractivity contribution in [3.63, 3.8) is 0 Å². The molecule has 1 N–H and O–H groups in total. The molecule has 1 unspecified atom stereocenters. The number of thiocarbonyl (C=S) groups is 1. The first-order valence-corrected chi connectivity index (χ1v) is 11.9. The summed E-state index contributed by atoms with van der Waals surface area (Å²) in [6.45, 7) is 4.18. The summed E-state index contributed by atoms with van der Waals surface area (Å²) in [4.78, 5) is 6.79. The fraction of sp³-hybridized carbons (Fsp3) is 0.148. The second-order valence-electron chi connectivity index (χ2n) is 8.08. The maximum Gasteiger partial charge on any atom is 0.258 e. The summed E-state index contributed by atoms with van der Waals surface area (Å²) < 4.78 is 5.81. The fourth-order valence-electron chi connectivity index (χ4n) is 4.22. The molecule has 0 amide bonds. The molecule has 34 heavy (non-hydrogen) atoms.